The van der Waals surface area contributed by atoms with Crippen molar-refractivity contribution in [2.45, 2.75) is 6.92 Å². The Morgan fingerprint density at radius 2 is 1.90 bits per heavy atom. The van der Waals surface area contributed by atoms with E-state index in [4.69, 9.17) is 0 Å². The lowest BCUT2D eigenvalue weighted by atomic mass is 10.1. The zero-order valence-corrected chi connectivity index (χ0v) is 15.4. The van der Waals surface area contributed by atoms with Crippen LogP contribution in [0.4, 0.5) is 10.1 Å². The van der Waals surface area contributed by atoms with Crippen LogP contribution in [0.5, 0.6) is 5.75 Å². The molecule has 4 rings (SSSR count). The van der Waals surface area contributed by atoms with Crippen LogP contribution in [-0.4, -0.2) is 20.6 Å². The summed E-state index contributed by atoms with van der Waals surface area (Å²) in [4.78, 5) is 30.2. The van der Waals surface area contributed by atoms with E-state index >= 15 is 0 Å². The maximum Gasteiger partial charge on any atom is 0.273 e. The lowest BCUT2D eigenvalue weighted by molar-refractivity contribution is 0.102. The minimum atomic E-state index is -0.801. The molecule has 7 heteroatoms. The fraction of sp³-hybridized carbons (Fsp3) is 0.0455. The van der Waals surface area contributed by atoms with Crippen LogP contribution >= 0.6 is 0 Å². The lowest BCUT2D eigenvalue weighted by Crippen LogP contribution is -2.29. The van der Waals surface area contributed by atoms with E-state index < -0.39 is 28.6 Å². The number of hydrogen-bond acceptors (Lipinski definition) is 4. The van der Waals surface area contributed by atoms with Gasteiger partial charge in [-0.15, -0.1) is 0 Å². The monoisotopic (exact) mass is 389 g/mol. The van der Waals surface area contributed by atoms with Crippen LogP contribution in [0, 0.1) is 12.7 Å². The van der Waals surface area contributed by atoms with Gasteiger partial charge in [-0.25, -0.2) is 9.37 Å². The number of hydrogen-bond donors (Lipinski definition) is 2. The molecule has 0 saturated heterocycles. The number of aromatic nitrogens is 2. The normalized spacial score (nSPS) is 10.8. The van der Waals surface area contributed by atoms with Crippen molar-refractivity contribution in [2.75, 3.05) is 5.32 Å². The summed E-state index contributed by atoms with van der Waals surface area (Å²) < 4.78 is 14.9. The second-order valence-corrected chi connectivity index (χ2v) is 6.54. The van der Waals surface area contributed by atoms with Crippen molar-refractivity contribution in [3.05, 3.63) is 94.2 Å². The van der Waals surface area contributed by atoms with Crippen molar-refractivity contribution in [2.24, 2.45) is 0 Å². The number of aryl methyl sites for hydroxylation is 1. The fourth-order valence-corrected chi connectivity index (χ4v) is 3.18. The number of aromatic hydroxyl groups is 1. The molecule has 0 aliphatic carbocycles. The third-order valence-electron chi connectivity index (χ3n) is 4.48. The summed E-state index contributed by atoms with van der Waals surface area (Å²) in [6.45, 7) is 1.87. The number of nitrogens with one attached hydrogen (secondary N) is 1. The topological polar surface area (TPSA) is 84.2 Å². The van der Waals surface area contributed by atoms with Crippen LogP contribution in [0.25, 0.3) is 16.7 Å². The number of fused-ring (bicyclic) bond motifs is 1. The molecular formula is C22H16FN3O3. The average molecular weight is 389 g/mol. The molecule has 2 N–H and O–H groups in total. The van der Waals surface area contributed by atoms with Crippen LogP contribution in [-0.2, 0) is 0 Å². The predicted molar refractivity (Wildman–Crippen MR) is 108 cm³/mol. The zero-order chi connectivity index (χ0) is 20.5. The molecule has 2 aromatic carbocycles. The Bertz CT molecular complexity index is 1310. The van der Waals surface area contributed by atoms with Crippen molar-refractivity contribution in [1.29, 1.82) is 0 Å². The van der Waals surface area contributed by atoms with Gasteiger partial charge in [0, 0.05) is 11.9 Å². The molecule has 0 aliphatic rings. The number of carbonyl (C=O) groups excluding carboxylic acids is 1. The van der Waals surface area contributed by atoms with Gasteiger partial charge in [0.05, 0.1) is 11.1 Å². The molecule has 0 saturated carbocycles. The van der Waals surface area contributed by atoms with E-state index in [1.807, 2.05) is 13.0 Å². The van der Waals surface area contributed by atoms with E-state index in [0.29, 0.717) is 5.69 Å². The molecule has 0 atom stereocenters. The van der Waals surface area contributed by atoms with Crippen molar-refractivity contribution >= 4 is 22.6 Å². The largest absolute Gasteiger partial charge is 0.506 e. The summed E-state index contributed by atoms with van der Waals surface area (Å²) in [6.07, 6.45) is 1.45. The first-order chi connectivity index (χ1) is 14.0. The highest BCUT2D eigenvalue weighted by Gasteiger charge is 2.23. The van der Waals surface area contributed by atoms with E-state index in [0.717, 1.165) is 16.2 Å². The number of carbonyl (C=O) groups is 1. The third-order valence-corrected chi connectivity index (χ3v) is 4.48. The van der Waals surface area contributed by atoms with Crippen LogP contribution in [0.15, 0.2) is 71.7 Å². The van der Waals surface area contributed by atoms with Crippen LogP contribution < -0.4 is 10.9 Å². The smallest absolute Gasteiger partial charge is 0.273 e. The van der Waals surface area contributed by atoms with E-state index in [1.54, 1.807) is 24.3 Å². The fourth-order valence-electron chi connectivity index (χ4n) is 3.18. The summed E-state index contributed by atoms with van der Waals surface area (Å²) in [7, 11) is 0. The molecule has 2 aromatic heterocycles. The van der Waals surface area contributed by atoms with Crippen molar-refractivity contribution < 1.29 is 14.3 Å². The second kappa shape index (κ2) is 7.20. The Kier molecular flexibility index (Phi) is 4.56. The molecule has 144 valence electrons. The van der Waals surface area contributed by atoms with Gasteiger partial charge in [-0.3, -0.25) is 14.2 Å². The quantitative estimate of drug-likeness (QED) is 0.558. The highest BCUT2D eigenvalue weighted by atomic mass is 19.1. The molecule has 4 aromatic rings. The average Bonchev–Trinajstić information content (AvgIpc) is 2.68. The molecule has 0 radical (unpaired) electrons. The highest BCUT2D eigenvalue weighted by molar-refractivity contribution is 6.09. The summed E-state index contributed by atoms with van der Waals surface area (Å²) in [5, 5.41) is 13.5. The van der Waals surface area contributed by atoms with Gasteiger partial charge in [0.15, 0.2) is 5.65 Å². The first-order valence-corrected chi connectivity index (χ1v) is 8.82. The van der Waals surface area contributed by atoms with Gasteiger partial charge in [-0.1, -0.05) is 18.2 Å². The summed E-state index contributed by atoms with van der Waals surface area (Å²) in [5.74, 6) is -1.79. The number of pyridine rings is 2. The Balaban J connectivity index is 1.95. The molecule has 0 fully saturated rings. The van der Waals surface area contributed by atoms with Gasteiger partial charge in [-0.2, -0.15) is 0 Å². The lowest BCUT2D eigenvalue weighted by Gasteiger charge is -2.14. The molecule has 2 heterocycles. The standard InChI is InChI=1S/C22H16FN3O3/c1-13-5-2-7-15(11-13)25-21(28)18-19(27)17-9-4-10-24-20(17)26(22(18)29)16-8-3-6-14(23)12-16/h2-12,27H,1H3,(H,25,28). The van der Waals surface area contributed by atoms with Crippen LogP contribution in [0.3, 0.4) is 0 Å². The van der Waals surface area contributed by atoms with E-state index in [2.05, 4.69) is 10.3 Å². The SMILES string of the molecule is Cc1cccc(NC(=O)c2c(O)c3cccnc3n(-c3cccc(F)c3)c2=O)c1. The summed E-state index contributed by atoms with van der Waals surface area (Å²) >= 11 is 0. The summed E-state index contributed by atoms with van der Waals surface area (Å²) in [6, 6.07) is 15.5. The van der Waals surface area contributed by atoms with Gasteiger partial charge in [0.1, 0.15) is 17.1 Å². The van der Waals surface area contributed by atoms with Crippen molar-refractivity contribution in [3.8, 4) is 11.4 Å². The number of benzene rings is 2. The van der Waals surface area contributed by atoms with Crippen molar-refractivity contribution in [3.63, 3.8) is 0 Å². The molecule has 1 amide bonds. The predicted octanol–water partition coefficient (Wildman–Crippen LogP) is 3.79. The Hall–Kier alpha value is -4.00. The van der Waals surface area contributed by atoms with Crippen LogP contribution in [0.1, 0.15) is 15.9 Å². The van der Waals surface area contributed by atoms with Gasteiger partial charge < -0.3 is 10.4 Å². The van der Waals surface area contributed by atoms with Crippen molar-refractivity contribution in [1.82, 2.24) is 9.55 Å². The zero-order valence-electron chi connectivity index (χ0n) is 15.4. The number of amides is 1. The minimum Gasteiger partial charge on any atom is -0.506 e. The maximum absolute atomic E-state index is 13.8. The molecule has 0 aliphatic heterocycles. The molecule has 6 nitrogen and oxygen atoms in total. The van der Waals surface area contributed by atoms with Gasteiger partial charge in [0.2, 0.25) is 0 Å². The Morgan fingerprint density at radius 1 is 1.10 bits per heavy atom. The van der Waals surface area contributed by atoms with Crippen LogP contribution in [0.2, 0.25) is 0 Å². The summed E-state index contributed by atoms with van der Waals surface area (Å²) in [5.41, 5.74) is 0.473. The number of nitrogens with zero attached hydrogens (tertiary/aromatic N) is 2. The molecule has 0 unspecified atom stereocenters. The molecule has 0 spiro atoms. The maximum atomic E-state index is 13.8. The van der Waals surface area contributed by atoms with E-state index in [-0.39, 0.29) is 16.7 Å². The molecule has 29 heavy (non-hydrogen) atoms. The molecular weight excluding hydrogens is 373 g/mol. The van der Waals surface area contributed by atoms with E-state index in [1.165, 1.54) is 30.5 Å². The number of rotatable bonds is 3. The van der Waals surface area contributed by atoms with Gasteiger partial charge in [-0.05, 0) is 55.0 Å². The second-order valence-electron chi connectivity index (χ2n) is 6.54. The van der Waals surface area contributed by atoms with Gasteiger partial charge in [0.25, 0.3) is 11.5 Å². The number of anilines is 1. The van der Waals surface area contributed by atoms with E-state index in [9.17, 15) is 19.1 Å². The first-order valence-electron chi connectivity index (χ1n) is 8.82. The first kappa shape index (κ1) is 18.4. The Morgan fingerprint density at radius 3 is 2.66 bits per heavy atom. The number of halogens is 1. The Labute approximate surface area is 164 Å². The third kappa shape index (κ3) is 3.34. The van der Waals surface area contributed by atoms with Gasteiger partial charge >= 0.3 is 0 Å². The minimum absolute atomic E-state index is 0.118. The molecule has 0 bridgehead atoms. The highest BCUT2D eigenvalue weighted by Crippen LogP contribution is 2.27.